The van der Waals surface area contributed by atoms with Crippen molar-refractivity contribution >= 4 is 28.9 Å². The van der Waals surface area contributed by atoms with E-state index in [9.17, 15) is 9.59 Å². The summed E-state index contributed by atoms with van der Waals surface area (Å²) in [6.45, 7) is 0. The predicted octanol–water partition coefficient (Wildman–Crippen LogP) is 2.46. The van der Waals surface area contributed by atoms with Crippen molar-refractivity contribution in [3.63, 3.8) is 0 Å². The van der Waals surface area contributed by atoms with Crippen LogP contribution in [0.2, 0.25) is 0 Å². The molecule has 1 heterocycles. The van der Waals surface area contributed by atoms with Crippen LogP contribution >= 0.6 is 0 Å². The maximum absolute atomic E-state index is 12.1. The monoisotopic (exact) mass is 311 g/mol. The van der Waals surface area contributed by atoms with Crippen LogP contribution in [-0.4, -0.2) is 25.0 Å². The third-order valence-corrected chi connectivity index (χ3v) is 3.59. The van der Waals surface area contributed by atoms with E-state index in [1.54, 1.807) is 31.4 Å². The van der Waals surface area contributed by atoms with Gasteiger partial charge in [-0.05, 0) is 36.4 Å². The van der Waals surface area contributed by atoms with Crippen LogP contribution in [0.3, 0.4) is 0 Å². The Hall–Kier alpha value is -3.02. The van der Waals surface area contributed by atoms with Crippen molar-refractivity contribution in [3.05, 3.63) is 48.5 Å². The number of ether oxygens (including phenoxy) is 1. The molecule has 2 amide bonds. The van der Waals surface area contributed by atoms with Gasteiger partial charge in [0.25, 0.3) is 0 Å². The lowest BCUT2D eigenvalue weighted by atomic mass is 10.1. The molecule has 0 saturated heterocycles. The van der Waals surface area contributed by atoms with Gasteiger partial charge in [-0.1, -0.05) is 12.1 Å². The lowest BCUT2D eigenvalue weighted by Gasteiger charge is -2.26. The van der Waals surface area contributed by atoms with Gasteiger partial charge in [0.2, 0.25) is 11.8 Å². The first-order chi connectivity index (χ1) is 11.2. The highest BCUT2D eigenvalue weighted by molar-refractivity contribution is 6.06. The number of carbonyl (C=O) groups excluding carboxylic acids is 2. The molecule has 6 heteroatoms. The van der Waals surface area contributed by atoms with E-state index in [4.69, 9.17) is 4.74 Å². The number of methoxy groups -OCH3 is 1. The highest BCUT2D eigenvalue weighted by Crippen LogP contribution is 2.26. The third-order valence-electron chi connectivity index (χ3n) is 3.59. The first kappa shape index (κ1) is 14.9. The fourth-order valence-corrected chi connectivity index (χ4v) is 2.41. The van der Waals surface area contributed by atoms with Crippen molar-refractivity contribution in [2.45, 2.75) is 12.5 Å². The standard InChI is InChI=1S/C17H17N3O3/c1-23-12-8-6-11(7-9-12)18-16(21)10-15-17(22)20-14-5-3-2-4-13(14)19-15/h2-9,15,19H,10H2,1H3,(H,18,21)(H,20,22)/t15-/m0/s1. The summed E-state index contributed by atoms with van der Waals surface area (Å²) >= 11 is 0. The number of anilines is 3. The van der Waals surface area contributed by atoms with E-state index in [0.29, 0.717) is 11.4 Å². The minimum atomic E-state index is -0.594. The van der Waals surface area contributed by atoms with Crippen LogP contribution < -0.4 is 20.7 Å². The summed E-state index contributed by atoms with van der Waals surface area (Å²) < 4.78 is 5.07. The van der Waals surface area contributed by atoms with Gasteiger partial charge >= 0.3 is 0 Å². The smallest absolute Gasteiger partial charge is 0.247 e. The van der Waals surface area contributed by atoms with E-state index in [2.05, 4.69) is 16.0 Å². The Labute approximate surface area is 133 Å². The SMILES string of the molecule is COc1ccc(NC(=O)C[C@@H]2Nc3ccccc3NC2=O)cc1. The lowest BCUT2D eigenvalue weighted by molar-refractivity contribution is -0.122. The van der Waals surface area contributed by atoms with Gasteiger partial charge in [0.15, 0.2) is 0 Å². The number of nitrogens with one attached hydrogen (secondary N) is 3. The second kappa shape index (κ2) is 6.39. The summed E-state index contributed by atoms with van der Waals surface area (Å²) in [5.41, 5.74) is 2.20. The largest absolute Gasteiger partial charge is 0.497 e. The van der Waals surface area contributed by atoms with E-state index < -0.39 is 6.04 Å². The topological polar surface area (TPSA) is 79.5 Å². The summed E-state index contributed by atoms with van der Waals surface area (Å²) in [5, 5.41) is 8.66. The minimum absolute atomic E-state index is 0.0478. The number of fused-ring (bicyclic) bond motifs is 1. The quantitative estimate of drug-likeness (QED) is 0.810. The molecule has 2 aromatic rings. The molecular formula is C17H17N3O3. The second-order valence-electron chi connectivity index (χ2n) is 5.21. The molecular weight excluding hydrogens is 294 g/mol. The van der Waals surface area contributed by atoms with E-state index in [0.717, 1.165) is 11.4 Å². The molecule has 2 aromatic carbocycles. The molecule has 3 rings (SSSR count). The molecule has 0 saturated carbocycles. The van der Waals surface area contributed by atoms with Gasteiger partial charge in [0.05, 0.1) is 24.9 Å². The van der Waals surface area contributed by atoms with Gasteiger partial charge in [-0.25, -0.2) is 0 Å². The maximum Gasteiger partial charge on any atom is 0.247 e. The first-order valence-corrected chi connectivity index (χ1v) is 7.26. The normalized spacial score (nSPS) is 15.9. The average molecular weight is 311 g/mol. The highest BCUT2D eigenvalue weighted by Gasteiger charge is 2.27. The van der Waals surface area contributed by atoms with Gasteiger partial charge < -0.3 is 20.7 Å². The number of hydrogen-bond donors (Lipinski definition) is 3. The van der Waals surface area contributed by atoms with E-state index in [1.165, 1.54) is 0 Å². The van der Waals surface area contributed by atoms with E-state index in [-0.39, 0.29) is 18.2 Å². The molecule has 0 fully saturated rings. The second-order valence-corrected chi connectivity index (χ2v) is 5.21. The zero-order valence-electron chi connectivity index (χ0n) is 12.6. The number of hydrogen-bond acceptors (Lipinski definition) is 4. The molecule has 0 spiro atoms. The molecule has 3 N–H and O–H groups in total. The zero-order chi connectivity index (χ0) is 16.2. The van der Waals surface area contributed by atoms with Crippen molar-refractivity contribution in [2.75, 3.05) is 23.1 Å². The molecule has 0 aliphatic carbocycles. The highest BCUT2D eigenvalue weighted by atomic mass is 16.5. The molecule has 0 aromatic heterocycles. The molecule has 1 atom stereocenters. The van der Waals surface area contributed by atoms with Gasteiger partial charge in [0, 0.05) is 5.69 Å². The predicted molar refractivity (Wildman–Crippen MR) is 88.7 cm³/mol. The van der Waals surface area contributed by atoms with Crippen molar-refractivity contribution in [1.82, 2.24) is 0 Å². The number of benzene rings is 2. The van der Waals surface area contributed by atoms with Crippen molar-refractivity contribution < 1.29 is 14.3 Å². The first-order valence-electron chi connectivity index (χ1n) is 7.26. The van der Waals surface area contributed by atoms with Crippen molar-refractivity contribution in [2.24, 2.45) is 0 Å². The van der Waals surface area contributed by atoms with Gasteiger partial charge in [-0.3, -0.25) is 9.59 Å². The van der Waals surface area contributed by atoms with Crippen LogP contribution in [0.4, 0.5) is 17.1 Å². The van der Waals surface area contributed by atoms with E-state index >= 15 is 0 Å². The van der Waals surface area contributed by atoms with Gasteiger partial charge in [-0.2, -0.15) is 0 Å². The van der Waals surface area contributed by atoms with Gasteiger partial charge in [-0.15, -0.1) is 0 Å². The van der Waals surface area contributed by atoms with Crippen molar-refractivity contribution in [1.29, 1.82) is 0 Å². The zero-order valence-corrected chi connectivity index (χ0v) is 12.6. The Morgan fingerprint density at radius 1 is 1.13 bits per heavy atom. The molecule has 1 aliphatic rings. The fraction of sp³-hybridized carbons (Fsp3) is 0.176. The maximum atomic E-state index is 12.1. The van der Waals surface area contributed by atoms with E-state index in [1.807, 2.05) is 24.3 Å². The Kier molecular flexibility index (Phi) is 4.14. The summed E-state index contributed by atoms with van der Waals surface area (Å²) in [6.07, 6.45) is 0.0478. The summed E-state index contributed by atoms with van der Waals surface area (Å²) in [7, 11) is 1.58. The Morgan fingerprint density at radius 2 is 1.83 bits per heavy atom. The average Bonchev–Trinajstić information content (AvgIpc) is 2.56. The Bertz CT molecular complexity index is 728. The number of para-hydroxylation sites is 2. The van der Waals surface area contributed by atoms with Crippen LogP contribution in [0.25, 0.3) is 0 Å². The summed E-state index contributed by atoms with van der Waals surface area (Å²) in [6, 6.07) is 13.8. The van der Waals surface area contributed by atoms with Gasteiger partial charge in [0.1, 0.15) is 11.8 Å². The number of rotatable bonds is 4. The molecule has 6 nitrogen and oxygen atoms in total. The lowest BCUT2D eigenvalue weighted by Crippen LogP contribution is -2.41. The Balaban J connectivity index is 1.62. The molecule has 23 heavy (non-hydrogen) atoms. The fourth-order valence-electron chi connectivity index (χ4n) is 2.41. The Morgan fingerprint density at radius 3 is 2.52 bits per heavy atom. The third kappa shape index (κ3) is 3.42. The summed E-state index contributed by atoms with van der Waals surface area (Å²) in [5.74, 6) is 0.267. The molecule has 0 bridgehead atoms. The number of carbonyl (C=O) groups is 2. The molecule has 1 aliphatic heterocycles. The molecule has 118 valence electrons. The summed E-state index contributed by atoms with van der Waals surface area (Å²) in [4.78, 5) is 24.2. The minimum Gasteiger partial charge on any atom is -0.497 e. The van der Waals surface area contributed by atoms with Crippen molar-refractivity contribution in [3.8, 4) is 5.75 Å². The van der Waals surface area contributed by atoms with Crippen LogP contribution in [0, 0.1) is 0 Å². The van der Waals surface area contributed by atoms with Crippen LogP contribution in [0.15, 0.2) is 48.5 Å². The molecule has 0 radical (unpaired) electrons. The molecule has 0 unspecified atom stereocenters. The van der Waals surface area contributed by atoms with Crippen LogP contribution in [-0.2, 0) is 9.59 Å². The van der Waals surface area contributed by atoms with Crippen LogP contribution in [0.5, 0.6) is 5.75 Å². The van der Waals surface area contributed by atoms with Crippen LogP contribution in [0.1, 0.15) is 6.42 Å². The number of amides is 2.